The fourth-order valence-electron chi connectivity index (χ4n) is 1.66. The van der Waals surface area contributed by atoms with Crippen molar-refractivity contribution in [2.24, 2.45) is 0 Å². The molecule has 2 aromatic carbocycles. The van der Waals surface area contributed by atoms with Crippen molar-refractivity contribution < 1.29 is 9.18 Å². The highest BCUT2D eigenvalue weighted by atomic mass is 79.9. The molecule has 1 amide bonds. The Morgan fingerprint density at radius 3 is 2.58 bits per heavy atom. The van der Waals surface area contributed by atoms with Gasteiger partial charge in [0.25, 0.3) is 5.91 Å². The van der Waals surface area contributed by atoms with Crippen LogP contribution in [0.4, 0.5) is 4.39 Å². The number of nitrogens with one attached hydrogen (secondary N) is 1. The molecule has 98 valence electrons. The van der Waals surface area contributed by atoms with Gasteiger partial charge in [0.1, 0.15) is 5.82 Å². The molecule has 0 saturated heterocycles. The van der Waals surface area contributed by atoms with Crippen LogP contribution < -0.4 is 5.32 Å². The molecule has 0 heterocycles. The predicted octanol–water partition coefficient (Wildman–Crippen LogP) is 3.83. The molecule has 2 nitrogen and oxygen atoms in total. The lowest BCUT2D eigenvalue weighted by molar-refractivity contribution is 0.0946. The van der Waals surface area contributed by atoms with Gasteiger partial charge in [0, 0.05) is 6.54 Å². The zero-order valence-electron chi connectivity index (χ0n) is 10.4. The molecule has 2 aromatic rings. The van der Waals surface area contributed by atoms with Crippen LogP contribution in [0.3, 0.4) is 0 Å². The summed E-state index contributed by atoms with van der Waals surface area (Å²) in [6, 6.07) is 12.5. The quantitative estimate of drug-likeness (QED) is 0.914. The van der Waals surface area contributed by atoms with E-state index in [2.05, 4.69) is 21.2 Å². The number of halogens is 2. The van der Waals surface area contributed by atoms with E-state index in [1.54, 1.807) is 12.1 Å². The summed E-state index contributed by atoms with van der Waals surface area (Å²) in [4.78, 5) is 11.9. The van der Waals surface area contributed by atoms with Crippen molar-refractivity contribution in [1.29, 1.82) is 0 Å². The SMILES string of the molecule is Cc1ccc(CNC(=O)c2cccc(Br)c2F)cc1. The first-order chi connectivity index (χ1) is 9.08. The maximum atomic E-state index is 13.7. The number of aryl methyl sites for hydroxylation is 1. The summed E-state index contributed by atoms with van der Waals surface area (Å²) in [6.07, 6.45) is 0. The Morgan fingerprint density at radius 2 is 1.89 bits per heavy atom. The fourth-order valence-corrected chi connectivity index (χ4v) is 2.03. The topological polar surface area (TPSA) is 29.1 Å². The molecule has 0 unspecified atom stereocenters. The molecule has 19 heavy (non-hydrogen) atoms. The molecule has 0 fully saturated rings. The Labute approximate surface area is 119 Å². The first kappa shape index (κ1) is 13.7. The van der Waals surface area contributed by atoms with Gasteiger partial charge in [0.2, 0.25) is 0 Å². The Morgan fingerprint density at radius 1 is 1.21 bits per heavy atom. The highest BCUT2D eigenvalue weighted by molar-refractivity contribution is 9.10. The zero-order valence-corrected chi connectivity index (χ0v) is 12.0. The number of benzene rings is 2. The first-order valence-electron chi connectivity index (χ1n) is 5.85. The van der Waals surface area contributed by atoms with E-state index in [0.717, 1.165) is 11.1 Å². The second-order valence-corrected chi connectivity index (χ2v) is 5.12. The molecule has 0 bridgehead atoms. The Balaban J connectivity index is 2.05. The van der Waals surface area contributed by atoms with Gasteiger partial charge in [-0.05, 0) is 40.5 Å². The summed E-state index contributed by atoms with van der Waals surface area (Å²) in [5.74, 6) is -0.955. The first-order valence-corrected chi connectivity index (χ1v) is 6.65. The van der Waals surface area contributed by atoms with Crippen molar-refractivity contribution in [3.63, 3.8) is 0 Å². The third kappa shape index (κ3) is 3.41. The van der Waals surface area contributed by atoms with Crippen LogP contribution in [-0.2, 0) is 6.54 Å². The maximum absolute atomic E-state index is 13.7. The number of amides is 1. The predicted molar refractivity (Wildman–Crippen MR) is 76.4 cm³/mol. The van der Waals surface area contributed by atoms with Crippen molar-refractivity contribution in [2.75, 3.05) is 0 Å². The van der Waals surface area contributed by atoms with Crippen LogP contribution in [0, 0.1) is 12.7 Å². The van der Waals surface area contributed by atoms with Crippen LogP contribution in [0.25, 0.3) is 0 Å². The standard InChI is InChI=1S/C15H13BrFNO/c1-10-5-7-11(8-6-10)9-18-15(19)12-3-2-4-13(16)14(12)17/h2-8H,9H2,1H3,(H,18,19). The normalized spacial score (nSPS) is 10.3. The molecular formula is C15H13BrFNO. The van der Waals surface area contributed by atoms with Gasteiger partial charge in [-0.1, -0.05) is 35.9 Å². The van der Waals surface area contributed by atoms with E-state index < -0.39 is 11.7 Å². The molecule has 0 aliphatic carbocycles. The number of rotatable bonds is 3. The molecule has 0 atom stereocenters. The van der Waals surface area contributed by atoms with Crippen molar-refractivity contribution in [1.82, 2.24) is 5.32 Å². The van der Waals surface area contributed by atoms with Crippen LogP contribution in [-0.4, -0.2) is 5.91 Å². The van der Waals surface area contributed by atoms with Gasteiger partial charge in [0.05, 0.1) is 10.0 Å². The molecule has 4 heteroatoms. The summed E-state index contributed by atoms with van der Waals surface area (Å²) in [5.41, 5.74) is 2.18. The lowest BCUT2D eigenvalue weighted by Crippen LogP contribution is -2.23. The monoisotopic (exact) mass is 321 g/mol. The molecule has 0 aliphatic heterocycles. The van der Waals surface area contributed by atoms with Crippen LogP contribution >= 0.6 is 15.9 Å². The molecular weight excluding hydrogens is 309 g/mol. The van der Waals surface area contributed by atoms with Crippen LogP contribution in [0.1, 0.15) is 21.5 Å². The average Bonchev–Trinajstić information content (AvgIpc) is 2.41. The third-order valence-corrected chi connectivity index (χ3v) is 3.38. The Hall–Kier alpha value is -1.68. The second kappa shape index (κ2) is 5.97. The van der Waals surface area contributed by atoms with E-state index in [4.69, 9.17) is 0 Å². The van der Waals surface area contributed by atoms with E-state index in [0.29, 0.717) is 6.54 Å². The van der Waals surface area contributed by atoms with E-state index >= 15 is 0 Å². The number of carbonyl (C=O) groups is 1. The highest BCUT2D eigenvalue weighted by Crippen LogP contribution is 2.18. The van der Waals surface area contributed by atoms with Crippen molar-refractivity contribution in [2.45, 2.75) is 13.5 Å². The van der Waals surface area contributed by atoms with Gasteiger partial charge < -0.3 is 5.32 Å². The Kier molecular flexibility index (Phi) is 4.32. The van der Waals surface area contributed by atoms with Crippen molar-refractivity contribution in [3.8, 4) is 0 Å². The van der Waals surface area contributed by atoms with Crippen LogP contribution in [0.2, 0.25) is 0 Å². The summed E-state index contributed by atoms with van der Waals surface area (Å²) >= 11 is 3.06. The van der Waals surface area contributed by atoms with E-state index in [9.17, 15) is 9.18 Å². The van der Waals surface area contributed by atoms with Gasteiger partial charge >= 0.3 is 0 Å². The third-order valence-electron chi connectivity index (χ3n) is 2.77. The number of hydrogen-bond donors (Lipinski definition) is 1. The Bertz CT molecular complexity index is 596. The van der Waals surface area contributed by atoms with E-state index in [1.807, 2.05) is 31.2 Å². The van der Waals surface area contributed by atoms with Crippen molar-refractivity contribution in [3.05, 3.63) is 69.4 Å². The van der Waals surface area contributed by atoms with Gasteiger partial charge in [-0.2, -0.15) is 0 Å². The van der Waals surface area contributed by atoms with Gasteiger partial charge in [-0.25, -0.2) is 4.39 Å². The van der Waals surface area contributed by atoms with Gasteiger partial charge in [-0.15, -0.1) is 0 Å². The minimum absolute atomic E-state index is 0.0430. The minimum atomic E-state index is -0.538. The largest absolute Gasteiger partial charge is 0.348 e. The summed E-state index contributed by atoms with van der Waals surface area (Å²) < 4.78 is 14.0. The molecule has 0 spiro atoms. The number of carbonyl (C=O) groups excluding carboxylic acids is 1. The van der Waals surface area contributed by atoms with E-state index in [1.165, 1.54) is 6.07 Å². The summed E-state index contributed by atoms with van der Waals surface area (Å²) in [5, 5.41) is 2.70. The highest BCUT2D eigenvalue weighted by Gasteiger charge is 2.13. The molecule has 1 N–H and O–H groups in total. The lowest BCUT2D eigenvalue weighted by Gasteiger charge is -2.07. The molecule has 0 aliphatic rings. The molecule has 0 saturated carbocycles. The number of hydrogen-bond acceptors (Lipinski definition) is 1. The molecule has 0 radical (unpaired) electrons. The fraction of sp³-hybridized carbons (Fsp3) is 0.133. The maximum Gasteiger partial charge on any atom is 0.254 e. The second-order valence-electron chi connectivity index (χ2n) is 4.27. The van der Waals surface area contributed by atoms with Crippen LogP contribution in [0.5, 0.6) is 0 Å². The zero-order chi connectivity index (χ0) is 13.8. The lowest BCUT2D eigenvalue weighted by atomic mass is 10.1. The molecule has 2 rings (SSSR count). The molecule has 0 aromatic heterocycles. The van der Waals surface area contributed by atoms with E-state index in [-0.39, 0.29) is 10.0 Å². The van der Waals surface area contributed by atoms with Gasteiger partial charge in [0.15, 0.2) is 0 Å². The smallest absolute Gasteiger partial charge is 0.254 e. The van der Waals surface area contributed by atoms with Crippen molar-refractivity contribution >= 4 is 21.8 Å². The summed E-state index contributed by atoms with van der Waals surface area (Å²) in [7, 11) is 0. The van der Waals surface area contributed by atoms with Crippen LogP contribution in [0.15, 0.2) is 46.9 Å². The summed E-state index contributed by atoms with van der Waals surface area (Å²) in [6.45, 7) is 2.38. The minimum Gasteiger partial charge on any atom is -0.348 e. The van der Waals surface area contributed by atoms with Gasteiger partial charge in [-0.3, -0.25) is 4.79 Å². The average molecular weight is 322 g/mol.